The lowest BCUT2D eigenvalue weighted by Gasteiger charge is -2.06. The maximum absolute atomic E-state index is 11.2. The van der Waals surface area contributed by atoms with Crippen molar-refractivity contribution in [3.8, 4) is 0 Å². The van der Waals surface area contributed by atoms with Crippen LogP contribution >= 0.6 is 0 Å². The first-order chi connectivity index (χ1) is 8.02. The number of carboxylic acids is 1. The molecule has 100 valence electrons. The van der Waals surface area contributed by atoms with Crippen molar-refractivity contribution >= 4 is 22.8 Å². The van der Waals surface area contributed by atoms with Crippen LogP contribution in [0.1, 0.15) is 25.7 Å². The molecule has 2 amide bonds. The van der Waals surface area contributed by atoms with Crippen molar-refractivity contribution in [3.05, 3.63) is 0 Å². The van der Waals surface area contributed by atoms with Crippen LogP contribution in [0.3, 0.4) is 0 Å². The number of carboxylic acid groups (broad SMARTS) is 1. The molecule has 0 radical (unpaired) electrons. The Bertz CT molecular complexity index is 271. The highest BCUT2D eigenvalue weighted by Crippen LogP contribution is 1.93. The normalized spacial score (nSPS) is 11.8. The number of unbranched alkanes of at least 4 members (excludes halogenated alkanes) is 1. The minimum atomic E-state index is -0.820. The summed E-state index contributed by atoms with van der Waals surface area (Å²) in [5.41, 5.74) is 0. The van der Waals surface area contributed by atoms with Crippen molar-refractivity contribution in [1.82, 2.24) is 10.6 Å². The van der Waals surface area contributed by atoms with E-state index in [2.05, 4.69) is 10.6 Å². The van der Waals surface area contributed by atoms with E-state index >= 15 is 0 Å². The van der Waals surface area contributed by atoms with Gasteiger partial charge in [-0.15, -0.1) is 0 Å². The molecule has 0 aromatic heterocycles. The van der Waals surface area contributed by atoms with E-state index in [-0.39, 0.29) is 12.5 Å². The maximum Gasteiger partial charge on any atom is 0.314 e. The van der Waals surface area contributed by atoms with Crippen molar-refractivity contribution in [2.45, 2.75) is 25.7 Å². The average Bonchev–Trinajstić information content (AvgIpc) is 2.23. The number of amides is 2. The quantitative estimate of drug-likeness (QED) is 0.522. The Kier molecular flexibility index (Phi) is 9.41. The van der Waals surface area contributed by atoms with Crippen LogP contribution in [-0.2, 0) is 15.6 Å². The Morgan fingerprint density at radius 3 is 2.24 bits per heavy atom. The van der Waals surface area contributed by atoms with Gasteiger partial charge in [-0.2, -0.15) is 0 Å². The predicted octanol–water partition coefficient (Wildman–Crippen LogP) is 0.309. The lowest BCUT2D eigenvalue weighted by Crippen LogP contribution is -2.36. The van der Waals surface area contributed by atoms with Crippen molar-refractivity contribution < 1.29 is 18.9 Å². The van der Waals surface area contributed by atoms with Gasteiger partial charge in [0.2, 0.25) is 0 Å². The molecule has 0 bridgehead atoms. The SMILES string of the molecule is CS(=O)CCCNC(=O)NCCCCC(=O)O. The average molecular weight is 264 g/mol. The van der Waals surface area contributed by atoms with Gasteiger partial charge in [-0.3, -0.25) is 9.00 Å². The minimum absolute atomic E-state index is 0.131. The molecule has 1 unspecified atom stereocenters. The van der Waals surface area contributed by atoms with Gasteiger partial charge < -0.3 is 15.7 Å². The molecule has 1 atom stereocenters. The molecule has 0 rings (SSSR count). The Morgan fingerprint density at radius 1 is 1.12 bits per heavy atom. The molecule has 0 spiro atoms. The summed E-state index contributed by atoms with van der Waals surface area (Å²) in [5.74, 6) is -0.235. The van der Waals surface area contributed by atoms with Gasteiger partial charge in [-0.25, -0.2) is 4.79 Å². The standard InChI is InChI=1S/C10H20N2O4S/c1-17(16)8-4-7-12-10(15)11-6-3-2-5-9(13)14/h2-8H2,1H3,(H,13,14)(H2,11,12,15). The van der Waals surface area contributed by atoms with Gasteiger partial charge in [-0.1, -0.05) is 0 Å². The fourth-order valence-corrected chi connectivity index (χ4v) is 1.69. The lowest BCUT2D eigenvalue weighted by atomic mass is 10.2. The Labute approximate surface area is 104 Å². The van der Waals surface area contributed by atoms with Gasteiger partial charge in [0.1, 0.15) is 0 Å². The van der Waals surface area contributed by atoms with Gasteiger partial charge >= 0.3 is 12.0 Å². The van der Waals surface area contributed by atoms with Gasteiger partial charge in [0.25, 0.3) is 0 Å². The number of carbonyl (C=O) groups excluding carboxylic acids is 1. The second-order valence-electron chi connectivity index (χ2n) is 3.66. The van der Waals surface area contributed by atoms with Crippen LogP contribution in [0, 0.1) is 0 Å². The number of urea groups is 1. The lowest BCUT2D eigenvalue weighted by molar-refractivity contribution is -0.137. The fourth-order valence-electron chi connectivity index (χ4n) is 1.14. The van der Waals surface area contributed by atoms with E-state index in [1.54, 1.807) is 6.26 Å². The van der Waals surface area contributed by atoms with E-state index in [9.17, 15) is 13.8 Å². The number of hydrogen-bond acceptors (Lipinski definition) is 3. The highest BCUT2D eigenvalue weighted by molar-refractivity contribution is 7.84. The topological polar surface area (TPSA) is 95.5 Å². The summed E-state index contributed by atoms with van der Waals surface area (Å²) in [6.07, 6.45) is 3.66. The summed E-state index contributed by atoms with van der Waals surface area (Å²) < 4.78 is 10.7. The summed E-state index contributed by atoms with van der Waals surface area (Å²) in [7, 11) is -0.820. The summed E-state index contributed by atoms with van der Waals surface area (Å²) in [6.45, 7) is 0.972. The fraction of sp³-hybridized carbons (Fsp3) is 0.800. The molecule has 0 fully saturated rings. The number of carbonyl (C=O) groups is 2. The molecule has 0 saturated heterocycles. The second-order valence-corrected chi connectivity index (χ2v) is 5.22. The number of rotatable bonds is 9. The highest BCUT2D eigenvalue weighted by Gasteiger charge is 2.00. The van der Waals surface area contributed by atoms with Crippen molar-refractivity contribution in [2.75, 3.05) is 25.1 Å². The van der Waals surface area contributed by atoms with Crippen molar-refractivity contribution in [2.24, 2.45) is 0 Å². The van der Waals surface area contributed by atoms with E-state index in [1.165, 1.54) is 0 Å². The van der Waals surface area contributed by atoms with Crippen LogP contribution in [0.2, 0.25) is 0 Å². The van der Waals surface area contributed by atoms with Crippen molar-refractivity contribution in [1.29, 1.82) is 0 Å². The molecule has 0 aliphatic carbocycles. The first-order valence-electron chi connectivity index (χ1n) is 5.56. The molecular weight excluding hydrogens is 244 g/mol. The maximum atomic E-state index is 11.2. The Morgan fingerprint density at radius 2 is 1.71 bits per heavy atom. The monoisotopic (exact) mass is 264 g/mol. The molecular formula is C10H20N2O4S. The molecule has 6 nitrogen and oxygen atoms in total. The minimum Gasteiger partial charge on any atom is -0.481 e. The summed E-state index contributed by atoms with van der Waals surface area (Å²) in [5, 5.41) is 13.6. The zero-order chi connectivity index (χ0) is 13.1. The summed E-state index contributed by atoms with van der Waals surface area (Å²) in [6, 6.07) is -0.262. The van der Waals surface area contributed by atoms with Gasteiger partial charge in [-0.05, 0) is 19.3 Å². The van der Waals surface area contributed by atoms with E-state index in [4.69, 9.17) is 5.11 Å². The number of hydrogen-bond donors (Lipinski definition) is 3. The molecule has 0 aromatic rings. The van der Waals surface area contributed by atoms with Crippen LogP contribution in [0.4, 0.5) is 4.79 Å². The molecule has 0 aliphatic heterocycles. The van der Waals surface area contributed by atoms with Crippen LogP contribution < -0.4 is 10.6 Å². The zero-order valence-electron chi connectivity index (χ0n) is 10.0. The van der Waals surface area contributed by atoms with E-state index < -0.39 is 16.8 Å². The molecule has 7 heteroatoms. The molecule has 3 N–H and O–H groups in total. The number of nitrogens with one attached hydrogen (secondary N) is 2. The van der Waals surface area contributed by atoms with E-state index in [1.807, 2.05) is 0 Å². The predicted molar refractivity (Wildman–Crippen MR) is 66.4 cm³/mol. The van der Waals surface area contributed by atoms with Crippen LogP contribution in [0.25, 0.3) is 0 Å². The van der Waals surface area contributed by atoms with Gasteiger partial charge in [0.05, 0.1) is 0 Å². The van der Waals surface area contributed by atoms with Crippen LogP contribution in [0.5, 0.6) is 0 Å². The zero-order valence-corrected chi connectivity index (χ0v) is 10.8. The Hall–Kier alpha value is -1.11. The molecule has 0 heterocycles. The largest absolute Gasteiger partial charge is 0.481 e. The molecule has 0 aromatic carbocycles. The Balaban J connectivity index is 3.29. The van der Waals surface area contributed by atoms with Gasteiger partial charge in [0, 0.05) is 42.3 Å². The van der Waals surface area contributed by atoms with Crippen LogP contribution in [-0.4, -0.2) is 46.4 Å². The van der Waals surface area contributed by atoms with Crippen LogP contribution in [0.15, 0.2) is 0 Å². The third kappa shape index (κ3) is 12.8. The number of aliphatic carboxylic acids is 1. The molecule has 0 saturated carbocycles. The van der Waals surface area contributed by atoms with Gasteiger partial charge in [0.15, 0.2) is 0 Å². The van der Waals surface area contributed by atoms with E-state index in [0.717, 1.165) is 0 Å². The highest BCUT2D eigenvalue weighted by atomic mass is 32.2. The molecule has 0 aliphatic rings. The second kappa shape index (κ2) is 10.1. The summed E-state index contributed by atoms with van der Waals surface area (Å²) >= 11 is 0. The third-order valence-corrected chi connectivity index (χ3v) is 2.86. The van der Waals surface area contributed by atoms with E-state index in [0.29, 0.717) is 38.1 Å². The smallest absolute Gasteiger partial charge is 0.314 e. The molecule has 17 heavy (non-hydrogen) atoms. The first kappa shape index (κ1) is 15.9. The third-order valence-electron chi connectivity index (χ3n) is 2.00. The van der Waals surface area contributed by atoms with Crippen molar-refractivity contribution in [3.63, 3.8) is 0 Å². The summed E-state index contributed by atoms with van der Waals surface area (Å²) in [4.78, 5) is 21.4. The first-order valence-corrected chi connectivity index (χ1v) is 7.28.